The molecule has 1 aliphatic rings. The molecule has 0 unspecified atom stereocenters. The molecule has 1 saturated carbocycles. The van der Waals surface area contributed by atoms with Gasteiger partial charge in [-0.05, 0) is 12.8 Å². The van der Waals surface area contributed by atoms with Crippen molar-refractivity contribution in [3.8, 4) is 0 Å². The highest BCUT2D eigenvalue weighted by Crippen LogP contribution is 2.23. The lowest BCUT2D eigenvalue weighted by molar-refractivity contribution is -0.121. The average Bonchev–Trinajstić information content (AvgIpc) is 1.84. The van der Waals surface area contributed by atoms with Crippen LogP contribution in [0.25, 0.3) is 0 Å². The molecule has 0 heterocycles. The van der Waals surface area contributed by atoms with Gasteiger partial charge in [0.05, 0.1) is 0 Å². The molecule has 0 saturated heterocycles. The summed E-state index contributed by atoms with van der Waals surface area (Å²) in [5, 5.41) is 17.3. The van der Waals surface area contributed by atoms with Gasteiger partial charge in [-0.2, -0.15) is 0 Å². The van der Waals surface area contributed by atoms with Crippen molar-refractivity contribution in [2.45, 2.75) is 18.6 Å². The second-order valence-corrected chi connectivity index (χ2v) is 1.81. The van der Waals surface area contributed by atoms with Gasteiger partial charge in [0.25, 0.3) is 0 Å². The molecule has 0 spiro atoms. The first-order valence-corrected chi connectivity index (χ1v) is 2.31. The largest absolute Gasteiger partial charge is 0.365 e. The average molecular weight is 100 g/mol. The highest BCUT2D eigenvalue weighted by molar-refractivity contribution is 4.98. The van der Waals surface area contributed by atoms with Crippen molar-refractivity contribution in [3.63, 3.8) is 0 Å². The lowest BCUT2D eigenvalue weighted by atomic mass is 10.2. The quantitative estimate of drug-likeness (QED) is 0.416. The summed E-state index contributed by atoms with van der Waals surface area (Å²) < 4.78 is 0. The van der Waals surface area contributed by atoms with Gasteiger partial charge < -0.3 is 10.2 Å². The van der Waals surface area contributed by atoms with Crippen molar-refractivity contribution in [2.75, 3.05) is 0 Å². The lowest BCUT2D eigenvalue weighted by Gasteiger charge is -2.10. The molecule has 1 aliphatic carbocycles. The molecule has 2 radical (unpaired) electrons. The highest BCUT2D eigenvalue weighted by atomic mass is 16.5. The number of aliphatic hydroxyl groups is 2. The van der Waals surface area contributed by atoms with Crippen LogP contribution in [0.1, 0.15) is 12.8 Å². The second-order valence-electron chi connectivity index (χ2n) is 1.81. The molecule has 0 atom stereocenters. The zero-order valence-corrected chi connectivity index (χ0v) is 3.96. The predicted octanol–water partition coefficient (Wildman–Crippen LogP) is -0.130. The third-order valence-corrected chi connectivity index (χ3v) is 1.06. The van der Waals surface area contributed by atoms with E-state index >= 15 is 0 Å². The van der Waals surface area contributed by atoms with Gasteiger partial charge in [0, 0.05) is 12.8 Å². The van der Waals surface area contributed by atoms with Gasteiger partial charge in [0.2, 0.25) is 0 Å². The molecule has 0 aromatic rings. The summed E-state index contributed by atoms with van der Waals surface area (Å²) >= 11 is 0. The molecule has 40 valence electrons. The van der Waals surface area contributed by atoms with Crippen LogP contribution in [0.2, 0.25) is 0 Å². The van der Waals surface area contributed by atoms with Crippen LogP contribution in [-0.2, 0) is 0 Å². The van der Waals surface area contributed by atoms with Crippen molar-refractivity contribution in [2.24, 2.45) is 0 Å². The molecule has 0 aromatic carbocycles. The molecule has 2 N–H and O–H groups in total. The highest BCUT2D eigenvalue weighted by Gasteiger charge is 2.27. The van der Waals surface area contributed by atoms with Gasteiger partial charge in [0.15, 0.2) is 5.79 Å². The summed E-state index contributed by atoms with van der Waals surface area (Å²) in [5.74, 6) is -1.49. The molecular formula is C5H8O2. The van der Waals surface area contributed by atoms with Crippen molar-refractivity contribution in [3.05, 3.63) is 12.8 Å². The van der Waals surface area contributed by atoms with Crippen molar-refractivity contribution in [1.29, 1.82) is 0 Å². The first-order chi connectivity index (χ1) is 3.21. The normalized spacial score (nSPS) is 28.3. The van der Waals surface area contributed by atoms with E-state index < -0.39 is 5.79 Å². The van der Waals surface area contributed by atoms with Crippen LogP contribution >= 0.6 is 0 Å². The second kappa shape index (κ2) is 1.46. The Labute approximate surface area is 42.8 Å². The van der Waals surface area contributed by atoms with Crippen LogP contribution in [0.3, 0.4) is 0 Å². The molecule has 0 amide bonds. The van der Waals surface area contributed by atoms with Gasteiger partial charge in [-0.1, -0.05) is 0 Å². The molecule has 0 aromatic heterocycles. The summed E-state index contributed by atoms with van der Waals surface area (Å²) in [6, 6.07) is 0. The van der Waals surface area contributed by atoms with E-state index in [-0.39, 0.29) is 0 Å². The fraction of sp³-hybridized carbons (Fsp3) is 0.600. The van der Waals surface area contributed by atoms with E-state index in [1.165, 1.54) is 6.42 Å². The lowest BCUT2D eigenvalue weighted by Crippen LogP contribution is -2.22. The minimum absolute atomic E-state index is 0.382. The SMILES string of the molecule is OC1(O)[CH]C[CH]C1. The van der Waals surface area contributed by atoms with E-state index in [0.29, 0.717) is 12.8 Å². The first kappa shape index (κ1) is 5.06. The Kier molecular flexibility index (Phi) is 1.05. The van der Waals surface area contributed by atoms with E-state index in [4.69, 9.17) is 10.2 Å². The van der Waals surface area contributed by atoms with Gasteiger partial charge >= 0.3 is 0 Å². The zero-order chi connectivity index (χ0) is 5.33. The standard InChI is InChI=1S/C5H8O2/c6-5(7)3-1-2-4-5/h1,4,6-7H,2-3H2. The van der Waals surface area contributed by atoms with Crippen LogP contribution in [-0.4, -0.2) is 16.0 Å². The molecule has 0 bridgehead atoms. The van der Waals surface area contributed by atoms with Crippen LogP contribution in [0.5, 0.6) is 0 Å². The van der Waals surface area contributed by atoms with E-state index in [1.807, 2.05) is 6.42 Å². The van der Waals surface area contributed by atoms with E-state index in [0.717, 1.165) is 0 Å². The zero-order valence-electron chi connectivity index (χ0n) is 3.96. The molecule has 1 fully saturated rings. The fourth-order valence-corrected chi connectivity index (χ4v) is 0.651. The summed E-state index contributed by atoms with van der Waals surface area (Å²) in [7, 11) is 0. The minimum Gasteiger partial charge on any atom is -0.365 e. The summed E-state index contributed by atoms with van der Waals surface area (Å²) in [6.45, 7) is 0. The topological polar surface area (TPSA) is 40.5 Å². The van der Waals surface area contributed by atoms with Gasteiger partial charge in [-0.25, -0.2) is 0 Å². The Morgan fingerprint density at radius 1 is 1.43 bits per heavy atom. The summed E-state index contributed by atoms with van der Waals surface area (Å²) in [6.07, 6.45) is 4.41. The Hall–Kier alpha value is -0.0800. The van der Waals surface area contributed by atoms with Gasteiger partial charge in [-0.3, -0.25) is 0 Å². The van der Waals surface area contributed by atoms with Crippen LogP contribution in [0, 0.1) is 12.8 Å². The Bertz CT molecular complexity index is 60.5. The number of hydrogen-bond donors (Lipinski definition) is 2. The van der Waals surface area contributed by atoms with Crippen LogP contribution < -0.4 is 0 Å². The molecular weight excluding hydrogens is 92.1 g/mol. The van der Waals surface area contributed by atoms with Crippen molar-refractivity contribution in [1.82, 2.24) is 0 Å². The number of rotatable bonds is 0. The van der Waals surface area contributed by atoms with Crippen molar-refractivity contribution >= 4 is 0 Å². The molecule has 2 heteroatoms. The molecule has 0 aliphatic heterocycles. The maximum Gasteiger partial charge on any atom is 0.166 e. The van der Waals surface area contributed by atoms with Crippen molar-refractivity contribution < 1.29 is 10.2 Å². The van der Waals surface area contributed by atoms with Crippen LogP contribution in [0.4, 0.5) is 0 Å². The third kappa shape index (κ3) is 1.14. The Morgan fingerprint density at radius 3 is 2.29 bits per heavy atom. The Morgan fingerprint density at radius 2 is 2.14 bits per heavy atom. The number of hydrogen-bond acceptors (Lipinski definition) is 2. The van der Waals surface area contributed by atoms with E-state index in [2.05, 4.69) is 0 Å². The monoisotopic (exact) mass is 100 g/mol. The molecule has 2 nitrogen and oxygen atoms in total. The Balaban J connectivity index is 2.40. The first-order valence-electron chi connectivity index (χ1n) is 2.31. The van der Waals surface area contributed by atoms with E-state index in [1.54, 1.807) is 0 Å². The predicted molar refractivity (Wildman–Crippen MR) is 25.0 cm³/mol. The summed E-state index contributed by atoms with van der Waals surface area (Å²) in [4.78, 5) is 0. The fourth-order valence-electron chi connectivity index (χ4n) is 0.651. The minimum atomic E-state index is -1.49. The maximum absolute atomic E-state index is 8.66. The molecule has 7 heavy (non-hydrogen) atoms. The molecule has 1 rings (SSSR count). The smallest absolute Gasteiger partial charge is 0.166 e. The van der Waals surface area contributed by atoms with E-state index in [9.17, 15) is 0 Å². The van der Waals surface area contributed by atoms with Crippen LogP contribution in [0.15, 0.2) is 0 Å². The summed E-state index contributed by atoms with van der Waals surface area (Å²) in [5.41, 5.74) is 0. The van der Waals surface area contributed by atoms with Gasteiger partial charge in [-0.15, -0.1) is 0 Å². The maximum atomic E-state index is 8.66. The third-order valence-electron chi connectivity index (χ3n) is 1.06. The van der Waals surface area contributed by atoms with Gasteiger partial charge in [0.1, 0.15) is 0 Å².